The molecular formula is C23H30FN3O5S. The van der Waals surface area contributed by atoms with E-state index in [0.717, 1.165) is 10.6 Å². The van der Waals surface area contributed by atoms with Crippen molar-refractivity contribution in [2.24, 2.45) is 0 Å². The van der Waals surface area contributed by atoms with Crippen LogP contribution in [0.1, 0.15) is 25.8 Å². The average molecular weight is 480 g/mol. The summed E-state index contributed by atoms with van der Waals surface area (Å²) < 4.78 is 45.5. The number of carbonyl (C=O) groups excluding carboxylic acids is 2. The summed E-state index contributed by atoms with van der Waals surface area (Å²) in [6, 6.07) is 11.3. The highest BCUT2D eigenvalue weighted by molar-refractivity contribution is 7.92. The lowest BCUT2D eigenvalue weighted by atomic mass is 10.1. The monoisotopic (exact) mass is 479 g/mol. The Morgan fingerprint density at radius 3 is 2.45 bits per heavy atom. The molecule has 0 radical (unpaired) electrons. The predicted molar refractivity (Wildman–Crippen MR) is 125 cm³/mol. The highest BCUT2D eigenvalue weighted by Crippen LogP contribution is 2.24. The number of rotatable bonds is 11. The number of halogens is 1. The quantitative estimate of drug-likeness (QED) is 0.534. The van der Waals surface area contributed by atoms with Crippen LogP contribution in [0.15, 0.2) is 48.5 Å². The number of ether oxygens (including phenoxy) is 1. The first-order chi connectivity index (χ1) is 15.6. The molecule has 0 aromatic heterocycles. The van der Waals surface area contributed by atoms with E-state index in [1.54, 1.807) is 18.2 Å². The van der Waals surface area contributed by atoms with Crippen molar-refractivity contribution in [2.45, 2.75) is 32.9 Å². The Labute approximate surface area is 194 Å². The van der Waals surface area contributed by atoms with Gasteiger partial charge in [-0.1, -0.05) is 31.2 Å². The molecule has 0 aliphatic heterocycles. The lowest BCUT2D eigenvalue weighted by Crippen LogP contribution is -2.51. The Kier molecular flexibility index (Phi) is 9.22. The van der Waals surface area contributed by atoms with E-state index >= 15 is 0 Å². The average Bonchev–Trinajstić information content (AvgIpc) is 2.79. The first-order valence-electron chi connectivity index (χ1n) is 10.5. The van der Waals surface area contributed by atoms with E-state index in [4.69, 9.17) is 4.74 Å². The number of carbonyl (C=O) groups is 2. The third-order valence-electron chi connectivity index (χ3n) is 5.04. The van der Waals surface area contributed by atoms with E-state index in [0.29, 0.717) is 18.7 Å². The number of benzene rings is 2. The van der Waals surface area contributed by atoms with Crippen LogP contribution in [0.25, 0.3) is 0 Å². The fourth-order valence-electron chi connectivity index (χ4n) is 3.17. The van der Waals surface area contributed by atoms with Crippen molar-refractivity contribution in [3.05, 3.63) is 59.9 Å². The zero-order valence-electron chi connectivity index (χ0n) is 19.2. The van der Waals surface area contributed by atoms with Crippen LogP contribution in [-0.2, 0) is 26.2 Å². The molecule has 0 saturated heterocycles. The molecule has 8 nitrogen and oxygen atoms in total. The second-order valence-electron chi connectivity index (χ2n) is 7.55. The third-order valence-corrected chi connectivity index (χ3v) is 6.18. The van der Waals surface area contributed by atoms with Crippen molar-refractivity contribution in [3.8, 4) is 5.75 Å². The summed E-state index contributed by atoms with van der Waals surface area (Å²) in [5, 5.41) is 2.72. The molecule has 2 amide bonds. The molecule has 0 fully saturated rings. The van der Waals surface area contributed by atoms with Crippen molar-refractivity contribution in [1.29, 1.82) is 0 Å². The van der Waals surface area contributed by atoms with Crippen LogP contribution in [0, 0.1) is 5.82 Å². The molecule has 33 heavy (non-hydrogen) atoms. The SMILES string of the molecule is CCCNC(=O)C(C)N(Cc1ccccc1F)C(=O)CN(c1cccc(OC)c1)S(C)(=O)=O. The first kappa shape index (κ1) is 26.1. The Balaban J connectivity index is 2.39. The maximum Gasteiger partial charge on any atom is 0.244 e. The Bertz CT molecular complexity index is 1080. The smallest absolute Gasteiger partial charge is 0.244 e. The van der Waals surface area contributed by atoms with Gasteiger partial charge in [-0.25, -0.2) is 12.8 Å². The van der Waals surface area contributed by atoms with Gasteiger partial charge in [0, 0.05) is 24.7 Å². The number of sulfonamides is 1. The lowest BCUT2D eigenvalue weighted by molar-refractivity contribution is -0.139. The fraction of sp³-hybridized carbons (Fsp3) is 0.391. The Morgan fingerprint density at radius 1 is 1.15 bits per heavy atom. The minimum Gasteiger partial charge on any atom is -0.497 e. The highest BCUT2D eigenvalue weighted by Gasteiger charge is 2.30. The molecule has 10 heteroatoms. The van der Waals surface area contributed by atoms with Crippen molar-refractivity contribution < 1.29 is 27.1 Å². The van der Waals surface area contributed by atoms with Crippen LogP contribution in [0.4, 0.5) is 10.1 Å². The van der Waals surface area contributed by atoms with Crippen molar-refractivity contribution in [3.63, 3.8) is 0 Å². The molecule has 1 atom stereocenters. The van der Waals surface area contributed by atoms with E-state index in [1.807, 2.05) is 6.92 Å². The van der Waals surface area contributed by atoms with Gasteiger partial charge in [-0.3, -0.25) is 13.9 Å². The van der Waals surface area contributed by atoms with Crippen molar-refractivity contribution in [1.82, 2.24) is 10.2 Å². The fourth-order valence-corrected chi connectivity index (χ4v) is 4.01. The van der Waals surface area contributed by atoms with E-state index in [2.05, 4.69) is 5.32 Å². The lowest BCUT2D eigenvalue weighted by Gasteiger charge is -2.31. The van der Waals surface area contributed by atoms with Gasteiger partial charge < -0.3 is 15.0 Å². The number of methoxy groups -OCH3 is 1. The normalized spacial score (nSPS) is 12.0. The van der Waals surface area contributed by atoms with Gasteiger partial charge in [-0.15, -0.1) is 0 Å². The first-order valence-corrected chi connectivity index (χ1v) is 12.4. The Hall–Kier alpha value is -3.14. The number of hydrogen-bond donors (Lipinski definition) is 1. The summed E-state index contributed by atoms with van der Waals surface area (Å²) in [7, 11) is -2.41. The molecule has 2 aromatic carbocycles. The van der Waals surface area contributed by atoms with Crippen molar-refractivity contribution >= 4 is 27.5 Å². The number of anilines is 1. The summed E-state index contributed by atoms with van der Waals surface area (Å²) in [4.78, 5) is 27.1. The van der Waals surface area contributed by atoms with Gasteiger partial charge in [-0.05, 0) is 31.5 Å². The second-order valence-corrected chi connectivity index (χ2v) is 9.46. The van der Waals surface area contributed by atoms with Gasteiger partial charge in [-0.2, -0.15) is 0 Å². The number of hydrogen-bond acceptors (Lipinski definition) is 5. The molecule has 2 rings (SSSR count). The van der Waals surface area contributed by atoms with Crippen LogP contribution in [0.5, 0.6) is 5.75 Å². The number of nitrogens with zero attached hydrogens (tertiary/aromatic N) is 2. The van der Waals surface area contributed by atoms with Crippen LogP contribution in [0.3, 0.4) is 0 Å². The van der Waals surface area contributed by atoms with Gasteiger partial charge in [0.1, 0.15) is 24.2 Å². The summed E-state index contributed by atoms with van der Waals surface area (Å²) in [5.74, 6) is -1.16. The molecule has 0 spiro atoms. The Morgan fingerprint density at radius 2 is 1.85 bits per heavy atom. The largest absolute Gasteiger partial charge is 0.497 e. The van der Waals surface area contributed by atoms with Gasteiger partial charge in [0.15, 0.2) is 0 Å². The molecule has 2 aromatic rings. The molecule has 1 unspecified atom stereocenters. The molecule has 0 bridgehead atoms. The highest BCUT2D eigenvalue weighted by atomic mass is 32.2. The van der Waals surface area contributed by atoms with Crippen molar-refractivity contribution in [2.75, 3.05) is 30.8 Å². The molecule has 0 saturated carbocycles. The van der Waals surface area contributed by atoms with Gasteiger partial charge in [0.05, 0.1) is 19.1 Å². The standard InChI is InChI=1S/C23H30FN3O5S/c1-5-13-25-23(29)17(2)26(15-18-9-6-7-12-21(18)24)22(28)16-27(33(4,30)31)19-10-8-11-20(14-19)32-3/h6-12,14,17H,5,13,15-16H2,1-4H3,(H,25,29). The number of nitrogens with one attached hydrogen (secondary N) is 1. The maximum absolute atomic E-state index is 14.3. The second kappa shape index (κ2) is 11.6. The molecular weight excluding hydrogens is 449 g/mol. The summed E-state index contributed by atoms with van der Waals surface area (Å²) >= 11 is 0. The van der Waals surface area contributed by atoms with Gasteiger partial charge in [0.25, 0.3) is 0 Å². The van der Waals surface area contributed by atoms with Crippen LogP contribution < -0.4 is 14.4 Å². The zero-order valence-corrected chi connectivity index (χ0v) is 20.1. The van der Waals surface area contributed by atoms with Crippen LogP contribution >= 0.6 is 0 Å². The molecule has 0 aliphatic carbocycles. The maximum atomic E-state index is 14.3. The number of amides is 2. The molecule has 0 heterocycles. The van der Waals surface area contributed by atoms with Gasteiger partial charge >= 0.3 is 0 Å². The summed E-state index contributed by atoms with van der Waals surface area (Å²) in [5.41, 5.74) is 0.451. The zero-order chi connectivity index (χ0) is 24.6. The minimum absolute atomic E-state index is 0.193. The molecule has 180 valence electrons. The van der Waals surface area contributed by atoms with Gasteiger partial charge in [0.2, 0.25) is 21.8 Å². The molecule has 0 aliphatic rings. The van der Waals surface area contributed by atoms with Crippen LogP contribution in [-0.4, -0.2) is 57.6 Å². The molecule has 1 N–H and O–H groups in total. The summed E-state index contributed by atoms with van der Waals surface area (Å²) in [6.45, 7) is 3.09. The van der Waals surface area contributed by atoms with E-state index in [-0.39, 0.29) is 17.8 Å². The van der Waals surface area contributed by atoms with E-state index < -0.39 is 40.2 Å². The van der Waals surface area contributed by atoms with E-state index in [9.17, 15) is 22.4 Å². The minimum atomic E-state index is -3.86. The third kappa shape index (κ3) is 7.18. The topological polar surface area (TPSA) is 96.0 Å². The summed E-state index contributed by atoms with van der Waals surface area (Å²) in [6.07, 6.45) is 1.69. The van der Waals surface area contributed by atoms with Crippen LogP contribution in [0.2, 0.25) is 0 Å². The van der Waals surface area contributed by atoms with E-state index in [1.165, 1.54) is 49.3 Å². The predicted octanol–water partition coefficient (Wildman–Crippen LogP) is 2.54.